The molecular weight excluding hydrogens is 577 g/mol. The van der Waals surface area contributed by atoms with E-state index in [4.69, 9.17) is 0 Å². The van der Waals surface area contributed by atoms with Crippen LogP contribution in [-0.4, -0.2) is 0 Å². The maximum Gasteiger partial charge on any atom is -0.0107 e. The minimum absolute atomic E-state index is 0.159. The largest absolute Gasteiger partial charge is 0.0654 e. The minimum Gasteiger partial charge on any atom is -0.0654 e. The number of unbranched alkanes of at least 4 members (excludes halogenated alkanes) is 10. The van der Waals surface area contributed by atoms with E-state index < -0.39 is 0 Å². The first-order valence-corrected chi connectivity index (χ1v) is 19.8. The third kappa shape index (κ3) is 10.9. The van der Waals surface area contributed by atoms with Crippen molar-refractivity contribution in [2.45, 2.75) is 151 Å². The van der Waals surface area contributed by atoms with Crippen molar-refractivity contribution in [3.05, 3.63) is 107 Å². The lowest BCUT2D eigenvalue weighted by atomic mass is 9.75. The smallest absolute Gasteiger partial charge is 0.0107 e. The summed E-state index contributed by atoms with van der Waals surface area (Å²) < 4.78 is 0. The van der Waals surface area contributed by atoms with Crippen molar-refractivity contribution in [3.8, 4) is 33.4 Å². The molecule has 0 spiro atoms. The van der Waals surface area contributed by atoms with E-state index in [1.54, 1.807) is 11.1 Å². The predicted molar refractivity (Wildman–Crippen MR) is 214 cm³/mol. The summed E-state index contributed by atoms with van der Waals surface area (Å²) in [6.07, 6.45) is 21.4. The van der Waals surface area contributed by atoms with Gasteiger partial charge in [-0.2, -0.15) is 0 Å². The second kappa shape index (κ2) is 19.8. The highest BCUT2D eigenvalue weighted by Gasteiger charge is 2.26. The second-order valence-electron chi connectivity index (χ2n) is 15.5. The molecule has 0 fully saturated rings. The molecule has 4 aromatic rings. The lowest BCUT2D eigenvalue weighted by Gasteiger charge is -2.29. The molecule has 0 radical (unpaired) electrons. The van der Waals surface area contributed by atoms with E-state index >= 15 is 0 Å². The molecule has 0 nitrogen and oxygen atoms in total. The van der Waals surface area contributed by atoms with Gasteiger partial charge in [0.1, 0.15) is 0 Å². The van der Waals surface area contributed by atoms with E-state index in [0.29, 0.717) is 0 Å². The van der Waals surface area contributed by atoms with E-state index in [2.05, 4.69) is 126 Å². The number of rotatable bonds is 20. The lowest BCUT2D eigenvalue weighted by Crippen LogP contribution is -2.14. The third-order valence-corrected chi connectivity index (χ3v) is 10.1. The number of hydrogen-bond donors (Lipinski definition) is 0. The molecule has 0 N–H and O–H groups in total. The van der Waals surface area contributed by atoms with Crippen molar-refractivity contribution in [2.24, 2.45) is 5.41 Å². The van der Waals surface area contributed by atoms with E-state index in [-0.39, 0.29) is 5.41 Å². The van der Waals surface area contributed by atoms with Crippen LogP contribution in [-0.2, 0) is 25.7 Å². The van der Waals surface area contributed by atoms with Crippen LogP contribution in [0.4, 0.5) is 0 Å². The van der Waals surface area contributed by atoms with Crippen LogP contribution < -0.4 is 0 Å². The molecule has 0 aliphatic rings. The SMILES string of the molecule is CCCCCCCCc1ccccc1-c1cc(-c2ccccc2CCCCC)c(CC(C)(C)C)c(-c2ccccc2)c1CCCCCC. The van der Waals surface area contributed by atoms with Crippen LogP contribution in [0.25, 0.3) is 33.4 Å². The van der Waals surface area contributed by atoms with Crippen molar-refractivity contribution < 1.29 is 0 Å². The van der Waals surface area contributed by atoms with E-state index in [0.717, 1.165) is 25.7 Å². The minimum atomic E-state index is 0.159. The number of aryl methyl sites for hydroxylation is 2. The molecule has 0 bridgehead atoms. The van der Waals surface area contributed by atoms with Gasteiger partial charge in [-0.3, -0.25) is 0 Å². The normalized spacial score (nSPS) is 11.7. The van der Waals surface area contributed by atoms with Crippen LogP contribution in [0.3, 0.4) is 0 Å². The van der Waals surface area contributed by atoms with Gasteiger partial charge in [0.15, 0.2) is 0 Å². The molecule has 0 saturated heterocycles. The van der Waals surface area contributed by atoms with Gasteiger partial charge in [-0.1, -0.05) is 185 Å². The average Bonchev–Trinajstić information content (AvgIpc) is 3.09. The highest BCUT2D eigenvalue weighted by Crippen LogP contribution is 2.46. The van der Waals surface area contributed by atoms with Crippen molar-refractivity contribution in [1.82, 2.24) is 0 Å². The molecule has 0 atom stereocenters. The molecule has 0 amide bonds. The molecule has 4 aromatic carbocycles. The van der Waals surface area contributed by atoms with Crippen LogP contribution >= 0.6 is 0 Å². The summed E-state index contributed by atoms with van der Waals surface area (Å²) in [5.41, 5.74) is 15.0. The zero-order valence-electron chi connectivity index (χ0n) is 31.6. The summed E-state index contributed by atoms with van der Waals surface area (Å²) in [7, 11) is 0. The predicted octanol–water partition coefficient (Wildman–Crippen LogP) is 15.0. The molecule has 0 unspecified atom stereocenters. The van der Waals surface area contributed by atoms with Gasteiger partial charge in [0.05, 0.1) is 0 Å². The van der Waals surface area contributed by atoms with Crippen molar-refractivity contribution in [1.29, 1.82) is 0 Å². The van der Waals surface area contributed by atoms with Gasteiger partial charge in [-0.25, -0.2) is 0 Å². The van der Waals surface area contributed by atoms with Crippen LogP contribution in [0, 0.1) is 5.41 Å². The molecule has 0 heterocycles. The summed E-state index contributed by atoms with van der Waals surface area (Å²) in [4.78, 5) is 0. The molecule has 0 heteroatoms. The van der Waals surface area contributed by atoms with Crippen molar-refractivity contribution in [3.63, 3.8) is 0 Å². The lowest BCUT2D eigenvalue weighted by molar-refractivity contribution is 0.412. The Morgan fingerprint density at radius 3 is 1.44 bits per heavy atom. The van der Waals surface area contributed by atoms with Gasteiger partial charge in [-0.05, 0) is 112 Å². The Kier molecular flexibility index (Phi) is 15.5. The molecule has 0 aromatic heterocycles. The van der Waals surface area contributed by atoms with E-state index in [1.165, 1.54) is 128 Å². The first kappa shape index (κ1) is 37.7. The summed E-state index contributed by atoms with van der Waals surface area (Å²) >= 11 is 0. The zero-order valence-corrected chi connectivity index (χ0v) is 31.6. The highest BCUT2D eigenvalue weighted by atomic mass is 14.3. The molecule has 0 aliphatic carbocycles. The first-order valence-electron chi connectivity index (χ1n) is 19.8. The fourth-order valence-corrected chi connectivity index (χ4v) is 7.57. The van der Waals surface area contributed by atoms with Crippen LogP contribution in [0.15, 0.2) is 84.9 Å². The quantitative estimate of drug-likeness (QED) is 0.0842. The summed E-state index contributed by atoms with van der Waals surface area (Å²) in [6.45, 7) is 14.2. The van der Waals surface area contributed by atoms with Crippen molar-refractivity contribution >= 4 is 0 Å². The fourth-order valence-electron chi connectivity index (χ4n) is 7.57. The average molecular weight is 643 g/mol. The van der Waals surface area contributed by atoms with Gasteiger partial charge < -0.3 is 0 Å². The van der Waals surface area contributed by atoms with E-state index in [1.807, 2.05) is 0 Å². The molecule has 4 rings (SSSR count). The number of hydrogen-bond acceptors (Lipinski definition) is 0. The second-order valence-corrected chi connectivity index (χ2v) is 15.5. The third-order valence-electron chi connectivity index (χ3n) is 10.1. The Morgan fingerprint density at radius 1 is 0.417 bits per heavy atom. The Bertz CT molecular complexity index is 1500. The van der Waals surface area contributed by atoms with E-state index in [9.17, 15) is 0 Å². The first-order chi connectivity index (χ1) is 23.4. The Labute approximate surface area is 295 Å². The van der Waals surface area contributed by atoms with Gasteiger partial charge in [0.25, 0.3) is 0 Å². The Morgan fingerprint density at radius 2 is 0.854 bits per heavy atom. The van der Waals surface area contributed by atoms with Crippen LogP contribution in [0.2, 0.25) is 0 Å². The van der Waals surface area contributed by atoms with Crippen LogP contribution in [0.5, 0.6) is 0 Å². The Balaban J connectivity index is 2.00. The zero-order chi connectivity index (χ0) is 34.2. The maximum absolute atomic E-state index is 2.65. The number of benzene rings is 4. The molecular formula is C48H66. The van der Waals surface area contributed by atoms with Gasteiger partial charge >= 0.3 is 0 Å². The fraction of sp³-hybridized carbons (Fsp3) is 0.500. The molecule has 48 heavy (non-hydrogen) atoms. The maximum atomic E-state index is 2.65. The molecule has 0 saturated carbocycles. The topological polar surface area (TPSA) is 0 Å². The highest BCUT2D eigenvalue weighted by molar-refractivity contribution is 5.90. The van der Waals surface area contributed by atoms with Gasteiger partial charge in [-0.15, -0.1) is 0 Å². The molecule has 0 aliphatic heterocycles. The standard InChI is InChI=1S/C48H66/c1-7-10-13-15-16-19-28-39-30-23-25-33-41(39)44-36-45(42-34-26-24-29-38(42)27-18-12-9-3)46(37-48(4,5)6)47(40-31-20-17-21-32-40)43(44)35-22-14-11-8-2/h17,20-21,23-26,29-34,36H,7-16,18-19,22,27-28,35,37H2,1-6H3. The Hall–Kier alpha value is -3.12. The monoisotopic (exact) mass is 643 g/mol. The summed E-state index contributed by atoms with van der Waals surface area (Å²) in [5, 5.41) is 0. The van der Waals surface area contributed by atoms with Crippen molar-refractivity contribution in [2.75, 3.05) is 0 Å². The van der Waals surface area contributed by atoms with Gasteiger partial charge in [0.2, 0.25) is 0 Å². The summed E-state index contributed by atoms with van der Waals surface area (Å²) in [5.74, 6) is 0. The van der Waals surface area contributed by atoms with Crippen LogP contribution in [0.1, 0.15) is 147 Å². The summed E-state index contributed by atoms with van der Waals surface area (Å²) in [6, 6.07) is 32.8. The van der Waals surface area contributed by atoms with Gasteiger partial charge in [0, 0.05) is 0 Å². The molecule has 258 valence electrons.